The molecule has 0 unspecified atom stereocenters. The summed E-state index contributed by atoms with van der Waals surface area (Å²) in [5, 5.41) is 0. The van der Waals surface area contributed by atoms with E-state index in [1.165, 1.54) is 0 Å². The zero-order valence-electron chi connectivity index (χ0n) is 12.5. The van der Waals surface area contributed by atoms with Crippen LogP contribution in [0.4, 0.5) is 10.5 Å². The van der Waals surface area contributed by atoms with Crippen molar-refractivity contribution in [2.75, 3.05) is 11.5 Å². The number of thioether (sulfide) groups is 1. The first-order valence-corrected chi connectivity index (χ1v) is 7.77. The average molecular weight is 311 g/mol. The first-order valence-electron chi connectivity index (χ1n) is 6.62. The lowest BCUT2D eigenvalue weighted by atomic mass is 10.2. The highest BCUT2D eigenvalue weighted by Gasteiger charge is 2.19. The number of benzene rings is 1. The highest BCUT2D eigenvalue weighted by Crippen LogP contribution is 2.15. The highest BCUT2D eigenvalue weighted by atomic mass is 32.2. The monoisotopic (exact) mass is 311 g/mol. The van der Waals surface area contributed by atoms with Crippen molar-refractivity contribution in [1.82, 2.24) is 0 Å². The van der Waals surface area contributed by atoms with E-state index in [1.54, 1.807) is 32.5 Å². The molecule has 0 aromatic heterocycles. The summed E-state index contributed by atoms with van der Waals surface area (Å²) in [7, 11) is 0. The van der Waals surface area contributed by atoms with E-state index < -0.39 is 17.7 Å². The molecular weight excluding hydrogens is 290 g/mol. The zero-order valence-corrected chi connectivity index (χ0v) is 13.4. The van der Waals surface area contributed by atoms with Crippen LogP contribution in [0.2, 0.25) is 0 Å². The van der Waals surface area contributed by atoms with Crippen LogP contribution in [0.1, 0.15) is 32.8 Å². The van der Waals surface area contributed by atoms with Crippen molar-refractivity contribution in [1.29, 1.82) is 0 Å². The van der Waals surface area contributed by atoms with Gasteiger partial charge in [0.2, 0.25) is 0 Å². The number of ether oxygens (including phenoxy) is 2. The molecule has 0 bridgehead atoms. The number of rotatable bonds is 5. The fourth-order valence-electron chi connectivity index (χ4n) is 1.37. The van der Waals surface area contributed by atoms with E-state index in [9.17, 15) is 9.59 Å². The topological polar surface area (TPSA) is 78.6 Å². The summed E-state index contributed by atoms with van der Waals surface area (Å²) in [6, 6.07) is 7.57. The number of hydrogen-bond donors (Lipinski definition) is 1. The normalized spacial score (nSPS) is 11.0. The average Bonchev–Trinajstić information content (AvgIpc) is 2.34. The molecule has 116 valence electrons. The molecular formula is C15H21NO4S. The third-order valence-corrected chi connectivity index (χ3v) is 3.32. The largest absolute Gasteiger partial charge is 0.516 e. The Morgan fingerprint density at radius 3 is 2.38 bits per heavy atom. The third kappa shape index (κ3) is 8.24. The summed E-state index contributed by atoms with van der Waals surface area (Å²) in [4.78, 5) is 22.7. The van der Waals surface area contributed by atoms with Crippen LogP contribution in [-0.2, 0) is 20.0 Å². The molecule has 0 aliphatic heterocycles. The Morgan fingerprint density at radius 1 is 1.19 bits per heavy atom. The number of nitrogen functional groups attached to an aromatic ring is 1. The molecule has 5 nitrogen and oxygen atoms in total. The minimum Gasteiger partial charge on any atom is -0.428 e. The van der Waals surface area contributed by atoms with Crippen LogP contribution in [0.15, 0.2) is 24.3 Å². The second kappa shape index (κ2) is 7.93. The lowest BCUT2D eigenvalue weighted by Crippen LogP contribution is -2.26. The molecule has 2 N–H and O–H groups in total. The van der Waals surface area contributed by atoms with Gasteiger partial charge in [0, 0.05) is 17.2 Å². The molecule has 1 aromatic carbocycles. The molecule has 0 aliphatic rings. The minimum atomic E-state index is -0.948. The number of carbonyl (C=O) groups is 2. The van der Waals surface area contributed by atoms with Gasteiger partial charge in [-0.05, 0) is 38.5 Å². The van der Waals surface area contributed by atoms with Crippen LogP contribution in [-0.4, -0.2) is 23.5 Å². The standard InChI is InChI=1S/C15H21NO4S/c1-15(2,3)20-14(18)19-13(17)8-9-21-10-11-4-6-12(16)7-5-11/h4-7H,8-10,16H2,1-3H3. The Balaban J connectivity index is 2.19. The Labute approximate surface area is 129 Å². The van der Waals surface area contributed by atoms with Crippen molar-refractivity contribution in [3.8, 4) is 0 Å². The van der Waals surface area contributed by atoms with Crippen LogP contribution in [0, 0.1) is 0 Å². The maximum absolute atomic E-state index is 11.4. The number of esters is 1. The molecule has 0 fully saturated rings. The Kier molecular flexibility index (Phi) is 6.55. The molecule has 0 atom stereocenters. The summed E-state index contributed by atoms with van der Waals surface area (Å²) in [6.07, 6.45) is -0.783. The summed E-state index contributed by atoms with van der Waals surface area (Å²) in [6.45, 7) is 5.13. The number of anilines is 1. The van der Waals surface area contributed by atoms with Gasteiger partial charge in [0.1, 0.15) is 5.60 Å². The third-order valence-electron chi connectivity index (χ3n) is 2.29. The van der Waals surface area contributed by atoms with Gasteiger partial charge in [-0.25, -0.2) is 4.79 Å². The van der Waals surface area contributed by atoms with Crippen LogP contribution < -0.4 is 5.73 Å². The molecule has 6 heteroatoms. The Bertz CT molecular complexity index is 479. The molecule has 0 saturated carbocycles. The van der Waals surface area contributed by atoms with E-state index in [4.69, 9.17) is 10.5 Å². The molecule has 0 heterocycles. The van der Waals surface area contributed by atoms with Gasteiger partial charge in [0.25, 0.3) is 0 Å². The molecule has 0 radical (unpaired) electrons. The molecule has 0 spiro atoms. The van der Waals surface area contributed by atoms with Gasteiger partial charge in [-0.1, -0.05) is 12.1 Å². The molecule has 1 aromatic rings. The second-order valence-electron chi connectivity index (χ2n) is 5.48. The Hall–Kier alpha value is -1.69. The lowest BCUT2D eigenvalue weighted by molar-refractivity contribution is -0.140. The summed E-state index contributed by atoms with van der Waals surface area (Å²) in [5.74, 6) is 0.778. The maximum Gasteiger partial charge on any atom is 0.516 e. The van der Waals surface area contributed by atoms with Crippen molar-refractivity contribution in [3.63, 3.8) is 0 Å². The van der Waals surface area contributed by atoms with E-state index in [0.29, 0.717) is 5.75 Å². The van der Waals surface area contributed by atoms with E-state index >= 15 is 0 Å². The molecule has 21 heavy (non-hydrogen) atoms. The first kappa shape index (κ1) is 17.4. The first-order chi connectivity index (χ1) is 9.76. The number of nitrogens with two attached hydrogens (primary N) is 1. The quantitative estimate of drug-likeness (QED) is 0.389. The van der Waals surface area contributed by atoms with Gasteiger partial charge in [0.15, 0.2) is 0 Å². The summed E-state index contributed by atoms with van der Waals surface area (Å²) < 4.78 is 9.46. The minimum absolute atomic E-state index is 0.166. The SMILES string of the molecule is CC(C)(C)OC(=O)OC(=O)CCSCc1ccc(N)cc1. The van der Waals surface area contributed by atoms with Crippen LogP contribution >= 0.6 is 11.8 Å². The second-order valence-corrected chi connectivity index (χ2v) is 6.59. The molecule has 1 rings (SSSR count). The number of hydrogen-bond acceptors (Lipinski definition) is 6. The van der Waals surface area contributed by atoms with Gasteiger partial charge in [-0.3, -0.25) is 4.79 Å². The fraction of sp³-hybridized carbons (Fsp3) is 0.467. The van der Waals surface area contributed by atoms with Gasteiger partial charge in [-0.2, -0.15) is 11.8 Å². The van der Waals surface area contributed by atoms with Crippen molar-refractivity contribution >= 4 is 29.6 Å². The van der Waals surface area contributed by atoms with Crippen LogP contribution in [0.25, 0.3) is 0 Å². The smallest absolute Gasteiger partial charge is 0.428 e. The van der Waals surface area contributed by atoms with Gasteiger partial charge in [-0.15, -0.1) is 0 Å². The fourth-order valence-corrected chi connectivity index (χ4v) is 2.26. The van der Waals surface area contributed by atoms with E-state index in [0.717, 1.165) is 17.0 Å². The van der Waals surface area contributed by atoms with E-state index in [1.807, 2.05) is 24.3 Å². The van der Waals surface area contributed by atoms with Gasteiger partial charge < -0.3 is 15.2 Å². The Morgan fingerprint density at radius 2 is 1.81 bits per heavy atom. The lowest BCUT2D eigenvalue weighted by Gasteiger charge is -2.18. The van der Waals surface area contributed by atoms with Crippen LogP contribution in [0.5, 0.6) is 0 Å². The van der Waals surface area contributed by atoms with Gasteiger partial charge >= 0.3 is 12.1 Å². The molecule has 0 amide bonds. The predicted molar refractivity (Wildman–Crippen MR) is 84.0 cm³/mol. The maximum atomic E-state index is 11.4. The summed E-state index contributed by atoms with van der Waals surface area (Å²) in [5.41, 5.74) is 6.79. The van der Waals surface area contributed by atoms with Crippen molar-refractivity contribution in [3.05, 3.63) is 29.8 Å². The van der Waals surface area contributed by atoms with E-state index in [2.05, 4.69) is 4.74 Å². The zero-order chi connectivity index (χ0) is 15.9. The van der Waals surface area contributed by atoms with Crippen molar-refractivity contribution < 1.29 is 19.1 Å². The predicted octanol–water partition coefficient (Wildman–Crippen LogP) is 3.37. The van der Waals surface area contributed by atoms with E-state index in [-0.39, 0.29) is 6.42 Å². The summed E-state index contributed by atoms with van der Waals surface area (Å²) >= 11 is 1.59. The van der Waals surface area contributed by atoms with Crippen LogP contribution in [0.3, 0.4) is 0 Å². The number of carbonyl (C=O) groups excluding carboxylic acids is 2. The molecule has 0 saturated heterocycles. The molecule has 0 aliphatic carbocycles. The van der Waals surface area contributed by atoms with Crippen molar-refractivity contribution in [2.24, 2.45) is 0 Å². The highest BCUT2D eigenvalue weighted by molar-refractivity contribution is 7.98. The van der Waals surface area contributed by atoms with Gasteiger partial charge in [0.05, 0.1) is 6.42 Å². The van der Waals surface area contributed by atoms with Crippen molar-refractivity contribution in [2.45, 2.75) is 38.5 Å².